The Morgan fingerprint density at radius 2 is 0.760 bits per heavy atom. The molecule has 7 heteroatoms. The molecule has 1 aliphatic rings. The van der Waals surface area contributed by atoms with E-state index in [2.05, 4.69) is 372 Å². The van der Waals surface area contributed by atoms with Crippen molar-refractivity contribution >= 4 is 162 Å². The molecule has 1 aliphatic carbocycles. The number of benzene rings is 15. The third kappa shape index (κ3) is 11.1. The number of halogens is 1. The van der Waals surface area contributed by atoms with Gasteiger partial charge in [0.2, 0.25) is 0 Å². The third-order valence-electron chi connectivity index (χ3n) is 19.9. The Labute approximate surface area is 603 Å². The fourth-order valence-electron chi connectivity index (χ4n) is 15.0. The molecule has 0 spiro atoms. The van der Waals surface area contributed by atoms with Crippen LogP contribution in [0, 0.1) is 3.57 Å². The number of nitrogens with zero attached hydrogens (tertiary/aromatic N) is 3. The standard InChI is InChI=1S/C93H63IN3S3/c1-93(51-15-23-61-16-3-5-20-68(61)59-93)96(78-46-49-91-85(57-78)82-26-9-12-29-88(82)99-91)75-41-34-64(35-42-75)71-52-70(63-32-39-74(40-33-63)95(60-69-22-14-21-66-18-6-7-24-80(66)69)77-45-48-90-84(56-77)81-25-8-11-28-87(81)98-90)53-72(54-71)65-36-43-76(44-37-65)97(94-73-38-31-62-17-2-4-19-67(62)55-73)79-47-50-92-86(58-79)83-27-10-13-30-89(83)100-92/h2-59H,60H2,1H3/q-1. The van der Waals surface area contributed by atoms with Crippen LogP contribution in [0.2, 0.25) is 0 Å². The molecule has 0 fully saturated rings. The van der Waals surface area contributed by atoms with Crippen LogP contribution in [-0.2, 0) is 6.54 Å². The summed E-state index contributed by atoms with van der Waals surface area (Å²) in [7, 11) is 0. The number of fused-ring (bicyclic) bond motifs is 12. The number of rotatable bonds is 14. The Hall–Kier alpha value is -10.9. The zero-order valence-corrected chi connectivity index (χ0v) is 59.2. The van der Waals surface area contributed by atoms with Crippen molar-refractivity contribution in [1.82, 2.24) is 0 Å². The second-order valence-electron chi connectivity index (χ2n) is 26.2. The molecule has 0 saturated carbocycles. The Kier molecular flexibility index (Phi) is 15.1. The first-order valence-electron chi connectivity index (χ1n) is 34.0. The molecule has 0 bridgehead atoms. The minimum Gasteiger partial charge on any atom is -0.135 e. The molecule has 19 rings (SSSR count). The van der Waals surface area contributed by atoms with Gasteiger partial charge in [-0.2, -0.15) is 0 Å². The van der Waals surface area contributed by atoms with E-state index in [1.807, 2.05) is 34.0 Å². The van der Waals surface area contributed by atoms with Crippen molar-refractivity contribution in [3.8, 4) is 33.4 Å². The van der Waals surface area contributed by atoms with Crippen molar-refractivity contribution in [3.63, 3.8) is 0 Å². The van der Waals surface area contributed by atoms with Crippen molar-refractivity contribution in [3.05, 3.63) is 359 Å². The van der Waals surface area contributed by atoms with Gasteiger partial charge in [0.05, 0.1) is 5.54 Å². The number of allylic oxidation sites excluding steroid dienone is 1. The monoisotopic (exact) mass is 1440 g/mol. The van der Waals surface area contributed by atoms with Gasteiger partial charge in [0.25, 0.3) is 0 Å². The maximum atomic E-state index is 2.60. The van der Waals surface area contributed by atoms with Gasteiger partial charge >= 0.3 is 302 Å². The molecule has 0 N–H and O–H groups in total. The van der Waals surface area contributed by atoms with Crippen molar-refractivity contribution in [2.75, 3.05) is 12.9 Å². The fourth-order valence-corrected chi connectivity index (χ4v) is 20.8. The summed E-state index contributed by atoms with van der Waals surface area (Å²) < 4.78 is 11.8. The second-order valence-corrected chi connectivity index (χ2v) is 32.2. The summed E-state index contributed by atoms with van der Waals surface area (Å²) in [5.74, 6) is 0. The normalized spacial score (nSPS) is 13.7. The van der Waals surface area contributed by atoms with Crippen LogP contribution in [0.4, 0.5) is 34.1 Å². The van der Waals surface area contributed by atoms with Gasteiger partial charge in [0.15, 0.2) is 0 Å². The maximum Gasteiger partial charge on any atom is 0.0429 e. The first kappa shape index (κ1) is 60.3. The predicted molar refractivity (Wildman–Crippen MR) is 430 cm³/mol. The van der Waals surface area contributed by atoms with Crippen molar-refractivity contribution < 1.29 is 21.5 Å². The number of hydrogen-bond acceptors (Lipinski definition) is 6. The van der Waals surface area contributed by atoms with Gasteiger partial charge in [-0.25, -0.2) is 0 Å². The van der Waals surface area contributed by atoms with Crippen LogP contribution < -0.4 is 44.8 Å². The summed E-state index contributed by atoms with van der Waals surface area (Å²) in [4.78, 5) is 5.02. The van der Waals surface area contributed by atoms with E-state index in [9.17, 15) is 0 Å². The summed E-state index contributed by atoms with van der Waals surface area (Å²) >= 11 is 4.91. The molecule has 0 aliphatic heterocycles. The van der Waals surface area contributed by atoms with Crippen LogP contribution in [-0.4, -0.2) is 5.54 Å². The molecule has 3 aromatic heterocycles. The van der Waals surface area contributed by atoms with Crippen LogP contribution in [0.3, 0.4) is 0 Å². The van der Waals surface area contributed by atoms with Gasteiger partial charge in [-0.1, -0.05) is 121 Å². The quantitative estimate of drug-likeness (QED) is 0.0794. The van der Waals surface area contributed by atoms with Gasteiger partial charge in [0.1, 0.15) is 0 Å². The summed E-state index contributed by atoms with van der Waals surface area (Å²) in [5.41, 5.74) is 14.6. The Morgan fingerprint density at radius 3 is 1.37 bits per heavy atom. The molecule has 18 aromatic rings. The van der Waals surface area contributed by atoms with E-state index < -0.39 is 27.0 Å². The predicted octanol–water partition coefficient (Wildman–Crippen LogP) is 22.2. The van der Waals surface area contributed by atoms with Gasteiger partial charge < -0.3 is 9.80 Å². The van der Waals surface area contributed by atoms with Gasteiger partial charge in [-0.3, -0.25) is 0 Å². The molecule has 0 amide bonds. The zero-order valence-electron chi connectivity index (χ0n) is 54.6. The molecule has 1 unspecified atom stereocenters. The molecule has 100 heavy (non-hydrogen) atoms. The largest absolute Gasteiger partial charge is 0.135 e. The average Bonchev–Trinajstić information content (AvgIpc) is 1.80. The molecule has 3 heterocycles. The summed E-state index contributed by atoms with van der Waals surface area (Å²) in [6.07, 6.45) is 9.26. The smallest absolute Gasteiger partial charge is 0.0429 e. The van der Waals surface area contributed by atoms with Crippen LogP contribution in [0.5, 0.6) is 0 Å². The molecule has 3 nitrogen and oxygen atoms in total. The molecule has 0 radical (unpaired) electrons. The molecule has 1 atom stereocenters. The summed E-state index contributed by atoms with van der Waals surface area (Å²) in [6, 6.07) is 123. The first-order valence-corrected chi connectivity index (χ1v) is 38.5. The van der Waals surface area contributed by atoms with E-state index in [0.717, 1.165) is 56.1 Å². The maximum absolute atomic E-state index is 2.60. The second kappa shape index (κ2) is 25.1. The minimum absolute atomic E-state index is 0.525. The topological polar surface area (TPSA) is 9.72 Å². The number of hydrogen-bond donors (Lipinski definition) is 0. The van der Waals surface area contributed by atoms with Gasteiger partial charge in [0, 0.05) is 58.3 Å². The SMILES string of the molecule is CC1(N(c2ccc(-c3cc(-c4ccc(N(Cc5cccc6ccccc56)c5ccc6sc7ccccc7c6c5)cc4)cc(-c4ccc(N([I-]c5ccc6ccccc6c5)c5ccc6sc7ccccc7c6c5)cc4)c3)cc2)c2ccc3sc4ccccc4c3c2)C=CC=c2ccccc2=C1. The Bertz CT molecular complexity index is 6400. The van der Waals surface area contributed by atoms with E-state index in [0.29, 0.717) is 6.54 Å². The van der Waals surface area contributed by atoms with Crippen molar-refractivity contribution in [1.29, 1.82) is 0 Å². The summed E-state index contributed by atoms with van der Waals surface area (Å²) in [6.45, 7) is 3.05. The van der Waals surface area contributed by atoms with E-state index in [1.165, 1.54) is 113 Å². The molecule has 476 valence electrons. The van der Waals surface area contributed by atoms with E-state index in [4.69, 9.17) is 0 Å². The van der Waals surface area contributed by atoms with E-state index in [-0.39, 0.29) is 0 Å². The van der Waals surface area contributed by atoms with Gasteiger partial charge in [-0.05, 0) is 88.3 Å². The molecule has 0 saturated heterocycles. The summed E-state index contributed by atoms with van der Waals surface area (Å²) in [5, 5.41) is 15.2. The minimum atomic E-state index is -0.688. The van der Waals surface area contributed by atoms with E-state index in [1.54, 1.807) is 0 Å². The van der Waals surface area contributed by atoms with Crippen LogP contribution >= 0.6 is 34.0 Å². The van der Waals surface area contributed by atoms with Crippen LogP contribution in [0.25, 0.3) is 128 Å². The van der Waals surface area contributed by atoms with E-state index >= 15 is 0 Å². The average molecular weight is 1450 g/mol. The molecular weight excluding hydrogens is 1380 g/mol. The Morgan fingerprint density at radius 1 is 0.310 bits per heavy atom. The zero-order chi connectivity index (χ0) is 66.3. The van der Waals surface area contributed by atoms with Gasteiger partial charge in [-0.15, -0.1) is 22.7 Å². The molecular formula is C93H63IN3S3-. The van der Waals surface area contributed by atoms with Crippen LogP contribution in [0.15, 0.2) is 340 Å². The number of thiophene rings is 3. The first-order chi connectivity index (χ1) is 49.3. The molecule has 15 aromatic carbocycles. The third-order valence-corrected chi connectivity index (χ3v) is 26.2. The van der Waals surface area contributed by atoms with Crippen molar-refractivity contribution in [2.45, 2.75) is 19.0 Å². The Balaban J connectivity index is 0.737. The van der Waals surface area contributed by atoms with Crippen LogP contribution in [0.1, 0.15) is 12.5 Å². The van der Waals surface area contributed by atoms with Crippen molar-refractivity contribution in [2.24, 2.45) is 0 Å². The number of anilines is 6. The fraction of sp³-hybridized carbons (Fsp3) is 0.0323.